The van der Waals surface area contributed by atoms with Crippen LogP contribution < -0.4 is 14.8 Å². The van der Waals surface area contributed by atoms with Crippen LogP contribution in [0.3, 0.4) is 0 Å². The van der Waals surface area contributed by atoms with Crippen molar-refractivity contribution in [3.05, 3.63) is 87.4 Å². The van der Waals surface area contributed by atoms with Gasteiger partial charge in [-0.25, -0.2) is 8.42 Å². The van der Waals surface area contributed by atoms with Crippen molar-refractivity contribution in [3.8, 4) is 11.5 Å². The van der Waals surface area contributed by atoms with Gasteiger partial charge in [0.25, 0.3) is 0 Å². The number of rotatable bonds is 10. The minimum absolute atomic E-state index is 0.0238. The molecule has 3 aromatic rings. The van der Waals surface area contributed by atoms with Crippen molar-refractivity contribution in [2.45, 2.75) is 38.8 Å². The first-order valence-electron chi connectivity index (χ1n) is 11.3. The van der Waals surface area contributed by atoms with Crippen molar-refractivity contribution < 1.29 is 22.7 Å². The number of nitrogens with zero attached hydrogens (tertiary/aromatic N) is 1. The zero-order valence-electron chi connectivity index (χ0n) is 21.1. The number of sulfonamides is 1. The Morgan fingerprint density at radius 2 is 1.47 bits per heavy atom. The molecule has 9 heteroatoms. The summed E-state index contributed by atoms with van der Waals surface area (Å²) in [6, 6.07) is 15.9. The fourth-order valence-electron chi connectivity index (χ4n) is 4.13. The van der Waals surface area contributed by atoms with Gasteiger partial charge in [-0.15, -0.1) is 0 Å². The number of methoxy groups -OCH3 is 2. The van der Waals surface area contributed by atoms with Crippen molar-refractivity contribution >= 4 is 27.5 Å². The first-order valence-corrected chi connectivity index (χ1v) is 13.2. The predicted octanol–water partition coefficient (Wildman–Crippen LogP) is 4.79. The van der Waals surface area contributed by atoms with Crippen LogP contribution in [0.5, 0.6) is 11.5 Å². The van der Waals surface area contributed by atoms with Gasteiger partial charge >= 0.3 is 0 Å². The maximum absolute atomic E-state index is 13.8. The van der Waals surface area contributed by atoms with Crippen LogP contribution in [-0.4, -0.2) is 39.4 Å². The van der Waals surface area contributed by atoms with E-state index in [0.717, 1.165) is 16.7 Å². The summed E-state index contributed by atoms with van der Waals surface area (Å²) in [5.74, 6) is 0.697. The van der Waals surface area contributed by atoms with Crippen LogP contribution in [0.15, 0.2) is 59.5 Å². The van der Waals surface area contributed by atoms with Crippen molar-refractivity contribution in [2.75, 3.05) is 20.8 Å². The Kier molecular flexibility index (Phi) is 9.00. The normalized spacial score (nSPS) is 11.4. The quantitative estimate of drug-likeness (QED) is 0.407. The molecule has 0 atom stereocenters. The summed E-state index contributed by atoms with van der Waals surface area (Å²) in [7, 11) is -0.898. The third-order valence-electron chi connectivity index (χ3n) is 5.73. The van der Waals surface area contributed by atoms with Gasteiger partial charge in [0.15, 0.2) is 11.5 Å². The summed E-state index contributed by atoms with van der Waals surface area (Å²) in [6.07, 6.45) is 0. The summed E-state index contributed by atoms with van der Waals surface area (Å²) in [5, 5.41) is 3.36. The van der Waals surface area contributed by atoms with Gasteiger partial charge in [0.2, 0.25) is 15.9 Å². The zero-order valence-corrected chi connectivity index (χ0v) is 22.7. The molecule has 0 aromatic heterocycles. The first-order chi connectivity index (χ1) is 17.0. The standard InChI is InChI=1S/C27H31ClN2O5S/c1-18-12-19(2)27(20(3)13-18)36(32,33)30(16-21-6-9-23(28)10-7-21)17-26(31)29-15-22-8-11-24(34-4)25(14-22)35-5/h6-14H,15-17H2,1-5H3,(H,29,31). The molecular formula is C27H31ClN2O5S. The second kappa shape index (κ2) is 11.8. The summed E-state index contributed by atoms with van der Waals surface area (Å²) in [4.78, 5) is 13.2. The van der Waals surface area contributed by atoms with Gasteiger partial charge in [-0.1, -0.05) is 47.5 Å². The number of aryl methyl sites for hydroxylation is 3. The maximum Gasteiger partial charge on any atom is 0.244 e. The molecule has 0 radical (unpaired) electrons. The van der Waals surface area contributed by atoms with Crippen molar-refractivity contribution in [1.82, 2.24) is 9.62 Å². The van der Waals surface area contributed by atoms with E-state index in [1.54, 1.807) is 57.4 Å². The third-order valence-corrected chi connectivity index (χ3v) is 8.08. The average Bonchev–Trinajstić information content (AvgIpc) is 2.82. The Morgan fingerprint density at radius 3 is 2.06 bits per heavy atom. The molecule has 1 amide bonds. The molecule has 0 unspecified atom stereocenters. The lowest BCUT2D eigenvalue weighted by Gasteiger charge is -2.24. The lowest BCUT2D eigenvalue weighted by Crippen LogP contribution is -2.40. The second-order valence-electron chi connectivity index (χ2n) is 8.59. The van der Waals surface area contributed by atoms with Crippen LogP contribution in [0.2, 0.25) is 5.02 Å². The Labute approximate surface area is 218 Å². The van der Waals surface area contributed by atoms with Gasteiger partial charge < -0.3 is 14.8 Å². The van der Waals surface area contributed by atoms with Crippen LogP contribution in [0.1, 0.15) is 27.8 Å². The predicted molar refractivity (Wildman–Crippen MR) is 141 cm³/mol. The minimum Gasteiger partial charge on any atom is -0.493 e. The number of carbonyl (C=O) groups excluding carboxylic acids is 1. The van der Waals surface area contributed by atoms with E-state index in [4.69, 9.17) is 21.1 Å². The molecule has 192 valence electrons. The van der Waals surface area contributed by atoms with E-state index >= 15 is 0 Å². The van der Waals surface area contributed by atoms with E-state index in [9.17, 15) is 13.2 Å². The molecule has 3 aromatic carbocycles. The van der Waals surface area contributed by atoms with Crippen molar-refractivity contribution in [3.63, 3.8) is 0 Å². The number of benzene rings is 3. The number of nitrogens with one attached hydrogen (secondary N) is 1. The lowest BCUT2D eigenvalue weighted by molar-refractivity contribution is -0.121. The van der Waals surface area contributed by atoms with Crippen LogP contribution >= 0.6 is 11.6 Å². The molecule has 3 rings (SSSR count). The van der Waals surface area contributed by atoms with Crippen LogP contribution in [0.25, 0.3) is 0 Å². The molecule has 0 bridgehead atoms. The van der Waals surface area contributed by atoms with Gasteiger partial charge in [-0.05, 0) is 67.3 Å². The minimum atomic E-state index is -3.98. The molecule has 36 heavy (non-hydrogen) atoms. The van der Waals surface area contributed by atoms with E-state index in [1.807, 2.05) is 25.1 Å². The molecule has 0 spiro atoms. The highest BCUT2D eigenvalue weighted by atomic mass is 35.5. The lowest BCUT2D eigenvalue weighted by atomic mass is 10.1. The van der Waals surface area contributed by atoms with Crippen molar-refractivity contribution in [1.29, 1.82) is 0 Å². The van der Waals surface area contributed by atoms with Crippen LogP contribution in [0, 0.1) is 20.8 Å². The molecule has 0 aliphatic carbocycles. The summed E-state index contributed by atoms with van der Waals surface area (Å²) < 4.78 is 39.4. The first kappa shape index (κ1) is 27.5. The smallest absolute Gasteiger partial charge is 0.244 e. The highest BCUT2D eigenvalue weighted by Crippen LogP contribution is 2.28. The Bertz CT molecular complexity index is 1320. The topological polar surface area (TPSA) is 84.9 Å². The van der Waals surface area contributed by atoms with E-state index < -0.39 is 15.9 Å². The highest BCUT2D eigenvalue weighted by Gasteiger charge is 2.30. The number of halogens is 1. The molecule has 7 nitrogen and oxygen atoms in total. The molecule has 0 aliphatic rings. The zero-order chi connectivity index (χ0) is 26.5. The van der Waals surface area contributed by atoms with Gasteiger partial charge in [0.05, 0.1) is 25.7 Å². The number of carbonyl (C=O) groups is 1. The molecule has 0 saturated heterocycles. The average molecular weight is 531 g/mol. The van der Waals surface area contributed by atoms with Crippen LogP contribution in [0.4, 0.5) is 0 Å². The molecule has 0 aliphatic heterocycles. The molecule has 0 heterocycles. The fourth-order valence-corrected chi connectivity index (χ4v) is 6.05. The molecule has 0 saturated carbocycles. The van der Waals surface area contributed by atoms with Crippen LogP contribution in [-0.2, 0) is 27.9 Å². The third kappa shape index (κ3) is 6.57. The molecule has 0 fully saturated rings. The number of hydrogen-bond acceptors (Lipinski definition) is 5. The summed E-state index contributed by atoms with van der Waals surface area (Å²) in [6.45, 7) is 5.34. The monoisotopic (exact) mass is 530 g/mol. The Morgan fingerprint density at radius 1 is 0.889 bits per heavy atom. The maximum atomic E-state index is 13.8. The summed E-state index contributed by atoms with van der Waals surface area (Å²) in [5.41, 5.74) is 3.76. The second-order valence-corrected chi connectivity index (χ2v) is 10.9. The SMILES string of the molecule is COc1ccc(CNC(=O)CN(Cc2ccc(Cl)cc2)S(=O)(=O)c2c(C)cc(C)cc2C)cc1OC. The van der Waals surface area contributed by atoms with Gasteiger partial charge in [-0.3, -0.25) is 4.79 Å². The number of amides is 1. The molecule has 1 N–H and O–H groups in total. The highest BCUT2D eigenvalue weighted by molar-refractivity contribution is 7.89. The largest absolute Gasteiger partial charge is 0.493 e. The summed E-state index contributed by atoms with van der Waals surface area (Å²) >= 11 is 6.00. The van der Waals surface area contributed by atoms with E-state index in [2.05, 4.69) is 5.32 Å². The van der Waals surface area contributed by atoms with E-state index in [-0.39, 0.29) is 24.5 Å². The van der Waals surface area contributed by atoms with Crippen molar-refractivity contribution in [2.24, 2.45) is 0 Å². The van der Waals surface area contributed by atoms with Gasteiger partial charge in [0.1, 0.15) is 0 Å². The van der Waals surface area contributed by atoms with E-state index in [1.165, 1.54) is 11.4 Å². The number of hydrogen-bond donors (Lipinski definition) is 1. The Hall–Kier alpha value is -3.07. The molecular weight excluding hydrogens is 500 g/mol. The van der Waals surface area contributed by atoms with E-state index in [0.29, 0.717) is 27.6 Å². The fraction of sp³-hybridized carbons (Fsp3) is 0.296. The van der Waals surface area contributed by atoms with Gasteiger partial charge in [-0.2, -0.15) is 4.31 Å². The van der Waals surface area contributed by atoms with Gasteiger partial charge in [0, 0.05) is 18.1 Å². The Balaban J connectivity index is 1.86. The number of ether oxygens (including phenoxy) is 2.